The second-order valence-electron chi connectivity index (χ2n) is 4.68. The number of nitrogens with two attached hydrogens (primary N) is 1. The van der Waals surface area contributed by atoms with E-state index in [-0.39, 0.29) is 5.91 Å². The lowest BCUT2D eigenvalue weighted by Gasteiger charge is -2.27. The second-order valence-corrected chi connectivity index (χ2v) is 4.68. The molecule has 1 atom stereocenters. The molecule has 1 unspecified atom stereocenters. The second kappa shape index (κ2) is 7.04. The van der Waals surface area contributed by atoms with Gasteiger partial charge in [0.25, 0.3) is 0 Å². The van der Waals surface area contributed by atoms with Crippen LogP contribution in [0.1, 0.15) is 39.2 Å². The van der Waals surface area contributed by atoms with Crippen LogP contribution in [-0.4, -0.2) is 23.4 Å². The highest BCUT2D eigenvalue weighted by Gasteiger charge is 2.16. The van der Waals surface area contributed by atoms with Crippen LogP contribution in [0.2, 0.25) is 0 Å². The number of benzene rings is 1. The predicted octanol–water partition coefficient (Wildman–Crippen LogP) is 2.85. The number of carbonyl (C=O) groups excluding carboxylic acids is 1. The molecule has 100 valence electrons. The fourth-order valence-corrected chi connectivity index (χ4v) is 2.03. The van der Waals surface area contributed by atoms with E-state index in [9.17, 15) is 4.79 Å². The zero-order chi connectivity index (χ0) is 13.5. The standard InChI is InChI=1S/C15H24N2O/c1-4-12(3)17(5-2)15(18)11-8-13-6-9-14(16)10-7-13/h6-7,9-10,12H,4-5,8,11,16H2,1-3H3. The summed E-state index contributed by atoms with van der Waals surface area (Å²) in [6.07, 6.45) is 2.36. The molecule has 0 aromatic heterocycles. The number of nitrogens with zero attached hydrogens (tertiary/aromatic N) is 1. The van der Waals surface area contributed by atoms with Crippen molar-refractivity contribution in [1.82, 2.24) is 4.90 Å². The molecule has 1 amide bonds. The molecular formula is C15H24N2O. The Hall–Kier alpha value is -1.51. The first kappa shape index (κ1) is 14.6. The smallest absolute Gasteiger partial charge is 0.223 e. The van der Waals surface area contributed by atoms with Crippen molar-refractivity contribution >= 4 is 11.6 Å². The monoisotopic (exact) mass is 248 g/mol. The maximum Gasteiger partial charge on any atom is 0.223 e. The number of hydrogen-bond donors (Lipinski definition) is 1. The Morgan fingerprint density at radius 2 is 1.89 bits per heavy atom. The molecule has 0 saturated carbocycles. The summed E-state index contributed by atoms with van der Waals surface area (Å²) in [5.41, 5.74) is 7.56. The highest BCUT2D eigenvalue weighted by Crippen LogP contribution is 2.11. The van der Waals surface area contributed by atoms with Crippen LogP contribution in [0.4, 0.5) is 5.69 Å². The summed E-state index contributed by atoms with van der Waals surface area (Å²) in [5.74, 6) is 0.240. The van der Waals surface area contributed by atoms with Crippen LogP contribution in [0.3, 0.4) is 0 Å². The summed E-state index contributed by atoms with van der Waals surface area (Å²) >= 11 is 0. The zero-order valence-electron chi connectivity index (χ0n) is 11.6. The molecule has 1 aromatic rings. The number of amides is 1. The van der Waals surface area contributed by atoms with Crippen molar-refractivity contribution in [2.45, 2.75) is 46.1 Å². The molecule has 1 rings (SSSR count). The van der Waals surface area contributed by atoms with Crippen LogP contribution in [-0.2, 0) is 11.2 Å². The molecule has 3 nitrogen and oxygen atoms in total. The normalized spacial score (nSPS) is 12.2. The van der Waals surface area contributed by atoms with E-state index in [1.807, 2.05) is 36.1 Å². The summed E-state index contributed by atoms with van der Waals surface area (Å²) in [6.45, 7) is 7.04. The van der Waals surface area contributed by atoms with Gasteiger partial charge in [0.15, 0.2) is 0 Å². The van der Waals surface area contributed by atoms with E-state index in [4.69, 9.17) is 5.73 Å². The van der Waals surface area contributed by atoms with E-state index in [1.165, 1.54) is 0 Å². The van der Waals surface area contributed by atoms with Gasteiger partial charge in [0, 0.05) is 24.7 Å². The molecule has 1 aromatic carbocycles. The molecule has 0 saturated heterocycles. The highest BCUT2D eigenvalue weighted by atomic mass is 16.2. The number of aryl methyl sites for hydroxylation is 1. The lowest BCUT2D eigenvalue weighted by molar-refractivity contribution is -0.133. The molecule has 0 aliphatic heterocycles. The van der Waals surface area contributed by atoms with Crippen molar-refractivity contribution in [2.24, 2.45) is 0 Å². The number of hydrogen-bond acceptors (Lipinski definition) is 2. The Labute approximate surface area is 110 Å². The summed E-state index contributed by atoms with van der Waals surface area (Å²) in [7, 11) is 0. The van der Waals surface area contributed by atoms with Gasteiger partial charge in [0.1, 0.15) is 0 Å². The molecule has 0 heterocycles. The summed E-state index contributed by atoms with van der Waals surface area (Å²) in [4.78, 5) is 14.1. The quantitative estimate of drug-likeness (QED) is 0.787. The van der Waals surface area contributed by atoms with E-state index >= 15 is 0 Å². The number of anilines is 1. The molecular weight excluding hydrogens is 224 g/mol. The van der Waals surface area contributed by atoms with Crippen LogP contribution in [0.5, 0.6) is 0 Å². The zero-order valence-corrected chi connectivity index (χ0v) is 11.6. The van der Waals surface area contributed by atoms with Gasteiger partial charge in [-0.05, 0) is 44.4 Å². The van der Waals surface area contributed by atoms with Gasteiger partial charge in [-0.25, -0.2) is 0 Å². The molecule has 18 heavy (non-hydrogen) atoms. The van der Waals surface area contributed by atoms with E-state index < -0.39 is 0 Å². The molecule has 0 spiro atoms. The minimum Gasteiger partial charge on any atom is -0.399 e. The van der Waals surface area contributed by atoms with Crippen molar-refractivity contribution in [3.8, 4) is 0 Å². The predicted molar refractivity (Wildman–Crippen MR) is 76.3 cm³/mol. The molecule has 0 aliphatic rings. The van der Waals surface area contributed by atoms with Crippen molar-refractivity contribution in [1.29, 1.82) is 0 Å². The van der Waals surface area contributed by atoms with Crippen molar-refractivity contribution < 1.29 is 4.79 Å². The van der Waals surface area contributed by atoms with Crippen LogP contribution < -0.4 is 5.73 Å². The molecule has 0 fully saturated rings. The van der Waals surface area contributed by atoms with Gasteiger partial charge in [0.2, 0.25) is 5.91 Å². The van der Waals surface area contributed by atoms with E-state index in [0.717, 1.165) is 30.6 Å². The van der Waals surface area contributed by atoms with Crippen LogP contribution in [0.25, 0.3) is 0 Å². The fourth-order valence-electron chi connectivity index (χ4n) is 2.03. The minimum atomic E-state index is 0.240. The van der Waals surface area contributed by atoms with Crippen LogP contribution >= 0.6 is 0 Å². The molecule has 0 radical (unpaired) electrons. The van der Waals surface area contributed by atoms with E-state index in [1.54, 1.807) is 0 Å². The van der Waals surface area contributed by atoms with Crippen LogP contribution in [0, 0.1) is 0 Å². The van der Waals surface area contributed by atoms with Gasteiger partial charge in [-0.1, -0.05) is 19.1 Å². The lowest BCUT2D eigenvalue weighted by atomic mass is 10.1. The first-order chi connectivity index (χ1) is 8.58. The topological polar surface area (TPSA) is 46.3 Å². The first-order valence-corrected chi connectivity index (χ1v) is 6.72. The van der Waals surface area contributed by atoms with Crippen LogP contribution in [0.15, 0.2) is 24.3 Å². The van der Waals surface area contributed by atoms with Crippen molar-refractivity contribution in [3.63, 3.8) is 0 Å². The fraction of sp³-hybridized carbons (Fsp3) is 0.533. The van der Waals surface area contributed by atoms with Crippen molar-refractivity contribution in [3.05, 3.63) is 29.8 Å². The Kier molecular flexibility index (Phi) is 5.69. The number of nitrogen functional groups attached to an aromatic ring is 1. The third-order valence-corrected chi connectivity index (χ3v) is 3.39. The van der Waals surface area contributed by atoms with Gasteiger partial charge in [-0.3, -0.25) is 4.79 Å². The Balaban J connectivity index is 2.51. The third-order valence-electron chi connectivity index (χ3n) is 3.39. The summed E-state index contributed by atoms with van der Waals surface area (Å²) < 4.78 is 0. The minimum absolute atomic E-state index is 0.240. The SMILES string of the molecule is CCC(C)N(CC)C(=O)CCc1ccc(N)cc1. The molecule has 0 aliphatic carbocycles. The third kappa shape index (κ3) is 4.06. The Morgan fingerprint density at radius 3 is 2.39 bits per heavy atom. The van der Waals surface area contributed by atoms with E-state index in [2.05, 4.69) is 13.8 Å². The van der Waals surface area contributed by atoms with Gasteiger partial charge in [0.05, 0.1) is 0 Å². The largest absolute Gasteiger partial charge is 0.399 e. The Bertz CT molecular complexity index is 373. The molecule has 3 heteroatoms. The average molecular weight is 248 g/mol. The first-order valence-electron chi connectivity index (χ1n) is 6.72. The molecule has 2 N–H and O–H groups in total. The van der Waals surface area contributed by atoms with Gasteiger partial charge in [-0.15, -0.1) is 0 Å². The number of carbonyl (C=O) groups is 1. The average Bonchev–Trinajstić information content (AvgIpc) is 2.38. The highest BCUT2D eigenvalue weighted by molar-refractivity contribution is 5.76. The van der Waals surface area contributed by atoms with E-state index in [0.29, 0.717) is 12.5 Å². The number of rotatable bonds is 6. The van der Waals surface area contributed by atoms with Gasteiger partial charge < -0.3 is 10.6 Å². The van der Waals surface area contributed by atoms with Gasteiger partial charge in [-0.2, -0.15) is 0 Å². The summed E-state index contributed by atoms with van der Waals surface area (Å²) in [6, 6.07) is 8.07. The Morgan fingerprint density at radius 1 is 1.28 bits per heavy atom. The lowest BCUT2D eigenvalue weighted by Crippen LogP contribution is -2.38. The van der Waals surface area contributed by atoms with Crippen molar-refractivity contribution in [2.75, 3.05) is 12.3 Å². The maximum atomic E-state index is 12.1. The molecule has 0 bridgehead atoms. The van der Waals surface area contributed by atoms with Gasteiger partial charge >= 0.3 is 0 Å². The summed E-state index contributed by atoms with van der Waals surface area (Å²) in [5, 5.41) is 0. The maximum absolute atomic E-state index is 12.1.